The molecule has 0 aliphatic carbocycles. The Bertz CT molecular complexity index is 1500. The normalized spacial score (nSPS) is 12.1. The molecule has 230 valence electrons. The highest BCUT2D eigenvalue weighted by molar-refractivity contribution is 5.98. The van der Waals surface area contributed by atoms with Crippen molar-refractivity contribution in [3.8, 4) is 28.3 Å². The SMILES string of the molecule is CCCCCCCOc1ccc(-c2cnc(-c3ccc(C[C@H](CC(=O)c4ccc(C(F)(F)F)cc4)C(=O)O)cc3)nc2)cc1. The van der Waals surface area contributed by atoms with Crippen LogP contribution in [0, 0.1) is 5.92 Å². The highest BCUT2D eigenvalue weighted by Crippen LogP contribution is 2.30. The number of carboxylic acids is 1. The van der Waals surface area contributed by atoms with E-state index in [0.29, 0.717) is 18.0 Å². The predicted molar refractivity (Wildman–Crippen MR) is 162 cm³/mol. The molecule has 0 aliphatic rings. The summed E-state index contributed by atoms with van der Waals surface area (Å²) in [5, 5.41) is 9.70. The molecule has 0 amide bonds. The molecule has 0 unspecified atom stereocenters. The van der Waals surface area contributed by atoms with E-state index in [-0.39, 0.29) is 18.4 Å². The summed E-state index contributed by atoms with van der Waals surface area (Å²) in [5.41, 5.74) is 2.44. The van der Waals surface area contributed by atoms with Gasteiger partial charge in [0, 0.05) is 35.5 Å². The molecular weight excluding hydrogens is 569 g/mol. The molecular formula is C35H35F3N2O4. The van der Waals surface area contributed by atoms with Crippen LogP contribution in [0.25, 0.3) is 22.5 Å². The fraction of sp³-hybridized carbons (Fsp3) is 0.314. The van der Waals surface area contributed by atoms with Gasteiger partial charge in [-0.3, -0.25) is 9.59 Å². The van der Waals surface area contributed by atoms with Crippen LogP contribution in [0.4, 0.5) is 13.2 Å². The van der Waals surface area contributed by atoms with Crippen molar-refractivity contribution in [3.63, 3.8) is 0 Å². The molecule has 3 aromatic carbocycles. The van der Waals surface area contributed by atoms with Gasteiger partial charge in [-0.25, -0.2) is 9.97 Å². The molecule has 0 spiro atoms. The van der Waals surface area contributed by atoms with E-state index in [4.69, 9.17) is 4.74 Å². The molecule has 0 saturated carbocycles. The molecule has 9 heteroatoms. The Morgan fingerprint density at radius 2 is 1.41 bits per heavy atom. The van der Waals surface area contributed by atoms with Crippen LogP contribution < -0.4 is 4.74 Å². The molecule has 1 N–H and O–H groups in total. The lowest BCUT2D eigenvalue weighted by Crippen LogP contribution is -2.20. The summed E-state index contributed by atoms with van der Waals surface area (Å²) in [6, 6.07) is 18.7. The summed E-state index contributed by atoms with van der Waals surface area (Å²) >= 11 is 0. The summed E-state index contributed by atoms with van der Waals surface area (Å²) in [6.07, 6.45) is 4.67. The van der Waals surface area contributed by atoms with E-state index in [9.17, 15) is 27.9 Å². The maximum Gasteiger partial charge on any atom is 0.416 e. The van der Waals surface area contributed by atoms with E-state index < -0.39 is 29.4 Å². The van der Waals surface area contributed by atoms with E-state index in [1.165, 1.54) is 25.7 Å². The molecule has 44 heavy (non-hydrogen) atoms. The van der Waals surface area contributed by atoms with Crippen LogP contribution in [0.1, 0.15) is 66.9 Å². The van der Waals surface area contributed by atoms with Crippen molar-refractivity contribution in [2.45, 2.75) is 58.0 Å². The summed E-state index contributed by atoms with van der Waals surface area (Å²) in [5.74, 6) is -1.38. The number of halogens is 3. The van der Waals surface area contributed by atoms with E-state index in [2.05, 4.69) is 16.9 Å². The highest BCUT2D eigenvalue weighted by atomic mass is 19.4. The quantitative estimate of drug-likeness (QED) is 0.108. The first-order valence-corrected chi connectivity index (χ1v) is 14.7. The highest BCUT2D eigenvalue weighted by Gasteiger charge is 2.30. The zero-order valence-electron chi connectivity index (χ0n) is 24.5. The third-order valence-corrected chi connectivity index (χ3v) is 7.37. The average Bonchev–Trinajstić information content (AvgIpc) is 3.03. The molecule has 0 saturated heterocycles. The smallest absolute Gasteiger partial charge is 0.416 e. The average molecular weight is 605 g/mol. The Morgan fingerprint density at radius 1 is 0.795 bits per heavy atom. The first-order chi connectivity index (χ1) is 21.1. The maximum absolute atomic E-state index is 12.8. The van der Waals surface area contributed by atoms with Crippen molar-refractivity contribution in [1.82, 2.24) is 9.97 Å². The number of aliphatic carboxylic acids is 1. The van der Waals surface area contributed by atoms with Crippen LogP contribution in [0.5, 0.6) is 5.75 Å². The van der Waals surface area contributed by atoms with Gasteiger partial charge >= 0.3 is 12.1 Å². The molecule has 6 nitrogen and oxygen atoms in total. The number of carbonyl (C=O) groups is 2. The lowest BCUT2D eigenvalue weighted by molar-refractivity contribution is -0.141. The van der Waals surface area contributed by atoms with Crippen molar-refractivity contribution in [2.24, 2.45) is 5.92 Å². The van der Waals surface area contributed by atoms with Crippen LogP contribution in [0.15, 0.2) is 85.2 Å². The van der Waals surface area contributed by atoms with Gasteiger partial charge in [0.25, 0.3) is 0 Å². The van der Waals surface area contributed by atoms with Crippen molar-refractivity contribution in [1.29, 1.82) is 0 Å². The largest absolute Gasteiger partial charge is 0.494 e. The van der Waals surface area contributed by atoms with Gasteiger partial charge in [-0.1, -0.05) is 81.1 Å². The molecule has 1 aromatic heterocycles. The van der Waals surface area contributed by atoms with Gasteiger partial charge in [-0.05, 0) is 48.2 Å². The third-order valence-electron chi connectivity index (χ3n) is 7.37. The summed E-state index contributed by atoms with van der Waals surface area (Å²) in [4.78, 5) is 33.5. The molecule has 0 aliphatic heterocycles. The number of carbonyl (C=O) groups excluding carboxylic acids is 1. The number of Topliss-reactive ketones (excluding diaryl/α,β-unsaturated/α-hetero) is 1. The minimum atomic E-state index is -4.51. The summed E-state index contributed by atoms with van der Waals surface area (Å²) in [6.45, 7) is 2.90. The van der Waals surface area contributed by atoms with E-state index in [0.717, 1.165) is 53.1 Å². The third kappa shape index (κ3) is 9.23. The topological polar surface area (TPSA) is 89.4 Å². The van der Waals surface area contributed by atoms with Crippen LogP contribution in [-0.4, -0.2) is 33.4 Å². The van der Waals surface area contributed by atoms with E-state index in [1.807, 2.05) is 24.3 Å². The van der Waals surface area contributed by atoms with Crippen LogP contribution in [-0.2, 0) is 17.4 Å². The number of rotatable bonds is 15. The fourth-order valence-electron chi connectivity index (χ4n) is 4.77. The Labute approximate surface area is 255 Å². The van der Waals surface area contributed by atoms with Crippen LogP contribution in [0.2, 0.25) is 0 Å². The Hall–Kier alpha value is -4.53. The Kier molecular flexibility index (Phi) is 11.2. The Morgan fingerprint density at radius 3 is 2.00 bits per heavy atom. The van der Waals surface area contributed by atoms with Crippen molar-refractivity contribution < 1.29 is 32.6 Å². The number of hydrogen-bond donors (Lipinski definition) is 1. The van der Waals surface area contributed by atoms with Crippen LogP contribution >= 0.6 is 0 Å². The fourth-order valence-corrected chi connectivity index (χ4v) is 4.77. The molecule has 1 atom stereocenters. The minimum Gasteiger partial charge on any atom is -0.494 e. The van der Waals surface area contributed by atoms with Gasteiger partial charge in [-0.15, -0.1) is 0 Å². The molecule has 0 radical (unpaired) electrons. The van der Waals surface area contributed by atoms with E-state index in [1.54, 1.807) is 36.7 Å². The number of unbranched alkanes of at least 4 members (excludes halogenated alkanes) is 4. The zero-order chi connectivity index (χ0) is 31.5. The lowest BCUT2D eigenvalue weighted by Gasteiger charge is -2.13. The predicted octanol–water partition coefficient (Wildman–Crippen LogP) is 8.69. The molecule has 4 aromatic rings. The molecule has 0 fully saturated rings. The number of hydrogen-bond acceptors (Lipinski definition) is 5. The van der Waals surface area contributed by atoms with Crippen molar-refractivity contribution >= 4 is 11.8 Å². The maximum atomic E-state index is 12.8. The number of alkyl halides is 3. The number of benzene rings is 3. The minimum absolute atomic E-state index is 0.0395. The van der Waals surface area contributed by atoms with Gasteiger partial charge in [0.15, 0.2) is 11.6 Å². The second-order valence-corrected chi connectivity index (χ2v) is 10.7. The number of carboxylic acid groups (broad SMARTS) is 1. The van der Waals surface area contributed by atoms with Crippen molar-refractivity contribution in [2.75, 3.05) is 6.61 Å². The van der Waals surface area contributed by atoms with E-state index >= 15 is 0 Å². The molecule has 0 bridgehead atoms. The van der Waals surface area contributed by atoms with Crippen LogP contribution in [0.3, 0.4) is 0 Å². The summed E-state index contributed by atoms with van der Waals surface area (Å²) in [7, 11) is 0. The van der Waals surface area contributed by atoms with Gasteiger partial charge in [0.05, 0.1) is 18.1 Å². The summed E-state index contributed by atoms with van der Waals surface area (Å²) < 4.78 is 44.3. The Balaban J connectivity index is 1.32. The second kappa shape index (κ2) is 15.3. The number of aromatic nitrogens is 2. The number of nitrogens with zero attached hydrogens (tertiary/aromatic N) is 2. The zero-order valence-corrected chi connectivity index (χ0v) is 24.5. The number of ketones is 1. The number of ether oxygens (including phenoxy) is 1. The van der Waals surface area contributed by atoms with Gasteiger partial charge in [0.1, 0.15) is 5.75 Å². The second-order valence-electron chi connectivity index (χ2n) is 10.7. The van der Waals surface area contributed by atoms with Gasteiger partial charge in [-0.2, -0.15) is 13.2 Å². The van der Waals surface area contributed by atoms with Crippen molar-refractivity contribution in [3.05, 3.63) is 102 Å². The van der Waals surface area contributed by atoms with Gasteiger partial charge < -0.3 is 9.84 Å². The monoisotopic (exact) mass is 604 g/mol. The first kappa shape index (κ1) is 32.4. The molecule has 1 heterocycles. The molecule has 4 rings (SSSR count). The first-order valence-electron chi connectivity index (χ1n) is 14.7. The van der Waals surface area contributed by atoms with Gasteiger partial charge in [0.2, 0.25) is 0 Å². The lowest BCUT2D eigenvalue weighted by atomic mass is 9.91. The standard InChI is InChI=1S/C35H35F3N2O4/c1-2-3-4-5-6-19-44-31-17-13-25(14-18-31)29-22-39-33(40-23-29)27-9-7-24(8-10-27)20-28(34(42)43)21-32(41)26-11-15-30(16-12-26)35(36,37)38/h7-18,22-23,28H,2-6,19-21H2,1H3,(H,42,43)/t28-/m1/s1.